The van der Waals surface area contributed by atoms with Crippen LogP contribution in [0.5, 0.6) is 0 Å². The summed E-state index contributed by atoms with van der Waals surface area (Å²) < 4.78 is 0. The van der Waals surface area contributed by atoms with Gasteiger partial charge in [0.1, 0.15) is 12.1 Å². The Hall–Kier alpha value is -2.16. The quantitative estimate of drug-likeness (QED) is 0.329. The summed E-state index contributed by atoms with van der Waals surface area (Å²) in [7, 11) is 0. The van der Waals surface area contributed by atoms with Crippen LogP contribution in [0.3, 0.4) is 0 Å². The van der Waals surface area contributed by atoms with Crippen molar-refractivity contribution in [1.82, 2.24) is 10.6 Å². The number of carbonyl (C=O) groups is 4. The predicted octanol–water partition coefficient (Wildman–Crippen LogP) is -0.664. The summed E-state index contributed by atoms with van der Waals surface area (Å²) in [6.07, 6.45) is 0.299. The van der Waals surface area contributed by atoms with Gasteiger partial charge in [-0.2, -0.15) is 0 Å². The number of carbonyl (C=O) groups excluding carboxylic acids is 3. The van der Waals surface area contributed by atoms with Crippen LogP contribution in [0.4, 0.5) is 0 Å². The fourth-order valence-corrected chi connectivity index (χ4v) is 2.06. The molecule has 0 saturated carbocycles. The fourth-order valence-electron chi connectivity index (χ4n) is 2.06. The minimum absolute atomic E-state index is 0.108. The van der Waals surface area contributed by atoms with Crippen molar-refractivity contribution in [2.75, 3.05) is 0 Å². The third kappa shape index (κ3) is 7.97. The SMILES string of the molecule is CCC(C)C(NC(=O)C(N)C(C)C)C(=O)NC(CCC(N)=O)C(=O)O. The van der Waals surface area contributed by atoms with E-state index in [0.717, 1.165) is 0 Å². The highest BCUT2D eigenvalue weighted by Crippen LogP contribution is 2.10. The molecule has 0 aromatic carbocycles. The molecule has 0 spiro atoms. The van der Waals surface area contributed by atoms with Crippen molar-refractivity contribution in [1.29, 1.82) is 0 Å². The smallest absolute Gasteiger partial charge is 0.326 e. The van der Waals surface area contributed by atoms with Gasteiger partial charge in [0, 0.05) is 6.42 Å². The van der Waals surface area contributed by atoms with E-state index in [-0.39, 0.29) is 24.7 Å². The first kappa shape index (κ1) is 22.8. The minimum Gasteiger partial charge on any atom is -0.480 e. The van der Waals surface area contributed by atoms with E-state index >= 15 is 0 Å². The largest absolute Gasteiger partial charge is 0.480 e. The maximum Gasteiger partial charge on any atom is 0.326 e. The van der Waals surface area contributed by atoms with E-state index in [2.05, 4.69) is 10.6 Å². The Kier molecular flexibility index (Phi) is 9.73. The molecule has 0 aliphatic carbocycles. The molecule has 144 valence electrons. The van der Waals surface area contributed by atoms with Gasteiger partial charge in [0.2, 0.25) is 17.7 Å². The summed E-state index contributed by atoms with van der Waals surface area (Å²) in [5.41, 5.74) is 10.8. The Morgan fingerprint density at radius 3 is 2.00 bits per heavy atom. The van der Waals surface area contributed by atoms with Crippen LogP contribution in [0.15, 0.2) is 0 Å². The van der Waals surface area contributed by atoms with Gasteiger partial charge in [-0.25, -0.2) is 4.79 Å². The minimum atomic E-state index is -1.28. The van der Waals surface area contributed by atoms with Crippen molar-refractivity contribution < 1.29 is 24.3 Å². The molecule has 0 aliphatic rings. The van der Waals surface area contributed by atoms with E-state index in [9.17, 15) is 24.3 Å². The molecule has 0 radical (unpaired) electrons. The lowest BCUT2D eigenvalue weighted by Gasteiger charge is -2.27. The summed E-state index contributed by atoms with van der Waals surface area (Å²) in [5, 5.41) is 14.1. The molecule has 9 heteroatoms. The van der Waals surface area contributed by atoms with Crippen LogP contribution in [-0.4, -0.2) is 46.9 Å². The molecule has 0 bridgehead atoms. The Balaban J connectivity index is 5.12. The number of primary amides is 1. The van der Waals surface area contributed by atoms with E-state index in [0.29, 0.717) is 6.42 Å². The van der Waals surface area contributed by atoms with Crippen molar-refractivity contribution in [3.63, 3.8) is 0 Å². The molecule has 3 amide bonds. The molecule has 0 saturated heterocycles. The number of amides is 3. The topological polar surface area (TPSA) is 165 Å². The second-order valence-corrected chi connectivity index (χ2v) is 6.55. The van der Waals surface area contributed by atoms with Gasteiger partial charge in [-0.05, 0) is 18.3 Å². The third-order valence-electron chi connectivity index (χ3n) is 4.11. The fraction of sp³-hybridized carbons (Fsp3) is 0.750. The Morgan fingerprint density at radius 1 is 1.04 bits per heavy atom. The van der Waals surface area contributed by atoms with E-state index < -0.39 is 41.8 Å². The molecule has 0 heterocycles. The number of carboxylic acid groups (broad SMARTS) is 1. The maximum absolute atomic E-state index is 12.5. The lowest BCUT2D eigenvalue weighted by molar-refractivity contribution is -0.142. The molecule has 25 heavy (non-hydrogen) atoms. The zero-order valence-corrected chi connectivity index (χ0v) is 15.2. The average molecular weight is 358 g/mol. The number of hydrogen-bond donors (Lipinski definition) is 5. The summed E-state index contributed by atoms with van der Waals surface area (Å²) in [5.74, 6) is -3.37. The number of aliphatic carboxylic acids is 1. The Labute approximate surface area is 147 Å². The van der Waals surface area contributed by atoms with Crippen LogP contribution >= 0.6 is 0 Å². The maximum atomic E-state index is 12.5. The van der Waals surface area contributed by atoms with Gasteiger partial charge < -0.3 is 27.2 Å². The zero-order valence-electron chi connectivity index (χ0n) is 15.2. The van der Waals surface area contributed by atoms with Crippen molar-refractivity contribution in [2.45, 2.75) is 65.1 Å². The highest BCUT2D eigenvalue weighted by molar-refractivity contribution is 5.92. The summed E-state index contributed by atoms with van der Waals surface area (Å²) in [6.45, 7) is 7.19. The van der Waals surface area contributed by atoms with Gasteiger partial charge in [0.05, 0.1) is 6.04 Å². The molecular weight excluding hydrogens is 328 g/mol. The second-order valence-electron chi connectivity index (χ2n) is 6.55. The first-order valence-corrected chi connectivity index (χ1v) is 8.38. The number of nitrogens with two attached hydrogens (primary N) is 2. The van der Waals surface area contributed by atoms with Crippen LogP contribution in [0.2, 0.25) is 0 Å². The Morgan fingerprint density at radius 2 is 1.60 bits per heavy atom. The normalized spacial score (nSPS) is 15.8. The van der Waals surface area contributed by atoms with Crippen LogP contribution in [0.25, 0.3) is 0 Å². The van der Waals surface area contributed by atoms with Gasteiger partial charge in [0.15, 0.2) is 0 Å². The number of hydrogen-bond acceptors (Lipinski definition) is 5. The second kappa shape index (κ2) is 10.7. The average Bonchev–Trinajstić information content (AvgIpc) is 2.53. The van der Waals surface area contributed by atoms with Crippen LogP contribution < -0.4 is 22.1 Å². The standard InChI is InChI=1S/C16H30N4O5/c1-5-9(4)13(20-14(22)12(18)8(2)3)15(23)19-10(16(24)25)6-7-11(17)21/h8-10,12-13H,5-7,18H2,1-4H3,(H2,17,21)(H,19,23)(H,20,22)(H,24,25). The lowest BCUT2D eigenvalue weighted by Crippen LogP contribution is -2.57. The highest BCUT2D eigenvalue weighted by atomic mass is 16.4. The third-order valence-corrected chi connectivity index (χ3v) is 4.11. The van der Waals surface area contributed by atoms with Crippen LogP contribution in [0, 0.1) is 11.8 Å². The summed E-state index contributed by atoms with van der Waals surface area (Å²) in [6, 6.07) is -2.95. The van der Waals surface area contributed by atoms with Crippen molar-refractivity contribution in [3.05, 3.63) is 0 Å². The van der Waals surface area contributed by atoms with Crippen LogP contribution in [-0.2, 0) is 19.2 Å². The first-order chi connectivity index (χ1) is 11.5. The molecule has 4 atom stereocenters. The molecule has 4 unspecified atom stereocenters. The molecule has 0 rings (SSSR count). The lowest BCUT2D eigenvalue weighted by atomic mass is 9.96. The van der Waals surface area contributed by atoms with Crippen molar-refractivity contribution in [3.8, 4) is 0 Å². The number of carboxylic acids is 1. The highest BCUT2D eigenvalue weighted by Gasteiger charge is 2.31. The van der Waals surface area contributed by atoms with E-state index in [4.69, 9.17) is 11.5 Å². The van der Waals surface area contributed by atoms with Gasteiger partial charge in [-0.15, -0.1) is 0 Å². The zero-order chi connectivity index (χ0) is 19.7. The molecular formula is C16H30N4O5. The molecule has 0 aromatic rings. The molecule has 7 N–H and O–H groups in total. The molecule has 0 aliphatic heterocycles. The predicted molar refractivity (Wildman–Crippen MR) is 92.2 cm³/mol. The number of rotatable bonds is 11. The molecule has 0 aromatic heterocycles. The van der Waals surface area contributed by atoms with Gasteiger partial charge in [-0.1, -0.05) is 34.1 Å². The van der Waals surface area contributed by atoms with E-state index in [1.54, 1.807) is 20.8 Å². The van der Waals surface area contributed by atoms with E-state index in [1.807, 2.05) is 6.92 Å². The first-order valence-electron chi connectivity index (χ1n) is 8.38. The number of nitrogens with one attached hydrogen (secondary N) is 2. The van der Waals surface area contributed by atoms with Crippen LogP contribution in [0.1, 0.15) is 47.0 Å². The Bertz CT molecular complexity index is 495. The van der Waals surface area contributed by atoms with Gasteiger partial charge in [0.25, 0.3) is 0 Å². The van der Waals surface area contributed by atoms with E-state index in [1.165, 1.54) is 0 Å². The van der Waals surface area contributed by atoms with Crippen molar-refractivity contribution >= 4 is 23.7 Å². The van der Waals surface area contributed by atoms with Gasteiger partial charge >= 0.3 is 5.97 Å². The molecule has 9 nitrogen and oxygen atoms in total. The monoisotopic (exact) mass is 358 g/mol. The summed E-state index contributed by atoms with van der Waals surface area (Å²) >= 11 is 0. The van der Waals surface area contributed by atoms with Crippen molar-refractivity contribution in [2.24, 2.45) is 23.3 Å². The molecule has 0 fully saturated rings. The van der Waals surface area contributed by atoms with Gasteiger partial charge in [-0.3, -0.25) is 14.4 Å². The summed E-state index contributed by atoms with van der Waals surface area (Å²) in [4.78, 5) is 46.7.